The summed E-state index contributed by atoms with van der Waals surface area (Å²) < 4.78 is 0. The van der Waals surface area contributed by atoms with Gasteiger partial charge in [0.1, 0.15) is 0 Å². The van der Waals surface area contributed by atoms with Gasteiger partial charge in [-0.3, -0.25) is 4.79 Å². The molecule has 0 fully saturated rings. The van der Waals surface area contributed by atoms with Crippen molar-refractivity contribution in [1.82, 2.24) is 0 Å². The number of carbonyl (C=O) groups is 1. The summed E-state index contributed by atoms with van der Waals surface area (Å²) in [6, 6.07) is -0.442. The highest BCUT2D eigenvalue weighted by atomic mass is 16.4. The zero-order valence-electron chi connectivity index (χ0n) is 7.92. The zero-order valence-corrected chi connectivity index (χ0v) is 7.92. The number of carboxylic acid groups (broad SMARTS) is 1. The van der Waals surface area contributed by atoms with Gasteiger partial charge in [-0.1, -0.05) is 32.9 Å². The summed E-state index contributed by atoms with van der Waals surface area (Å²) in [5, 5.41) is 8.48. The maximum atomic E-state index is 10.3. The predicted molar refractivity (Wildman–Crippen MR) is 48.8 cm³/mol. The van der Waals surface area contributed by atoms with E-state index in [0.29, 0.717) is 0 Å². The zero-order chi connectivity index (χ0) is 9.94. The molecule has 1 unspecified atom stereocenters. The molecular weight excluding hydrogens is 154 g/mol. The van der Waals surface area contributed by atoms with Gasteiger partial charge in [0.05, 0.1) is 6.42 Å². The van der Waals surface area contributed by atoms with Gasteiger partial charge >= 0.3 is 5.97 Å². The maximum Gasteiger partial charge on any atom is 0.305 e. The molecule has 1 atom stereocenters. The van der Waals surface area contributed by atoms with Crippen molar-refractivity contribution in [2.45, 2.75) is 33.2 Å². The average molecular weight is 171 g/mol. The Balaban J connectivity index is 4.21. The molecule has 0 aromatic carbocycles. The van der Waals surface area contributed by atoms with Crippen LogP contribution in [0.4, 0.5) is 0 Å². The molecule has 3 N–H and O–H groups in total. The van der Waals surface area contributed by atoms with Crippen LogP contribution in [-0.4, -0.2) is 17.1 Å². The quantitative estimate of drug-likeness (QED) is 0.631. The van der Waals surface area contributed by atoms with E-state index in [1.54, 1.807) is 0 Å². The molecule has 0 aromatic heterocycles. The molecule has 0 aliphatic rings. The van der Waals surface area contributed by atoms with E-state index >= 15 is 0 Å². The summed E-state index contributed by atoms with van der Waals surface area (Å²) in [6.45, 7) is 9.70. The number of aliphatic carboxylic acids is 1. The molecule has 0 rings (SSSR count). The van der Waals surface area contributed by atoms with Crippen LogP contribution in [0.15, 0.2) is 12.2 Å². The minimum atomic E-state index is -0.882. The van der Waals surface area contributed by atoms with Crippen LogP contribution in [0, 0.1) is 5.41 Å². The van der Waals surface area contributed by atoms with Crippen molar-refractivity contribution in [2.75, 3.05) is 0 Å². The summed E-state index contributed by atoms with van der Waals surface area (Å²) in [5.74, 6) is -0.882. The van der Waals surface area contributed by atoms with Crippen LogP contribution in [0.25, 0.3) is 0 Å². The third kappa shape index (κ3) is 3.53. The van der Waals surface area contributed by atoms with Crippen molar-refractivity contribution in [3.8, 4) is 0 Å². The average Bonchev–Trinajstić information content (AvgIpc) is 1.82. The second kappa shape index (κ2) is 3.72. The Morgan fingerprint density at radius 3 is 2.25 bits per heavy atom. The van der Waals surface area contributed by atoms with Gasteiger partial charge in [-0.2, -0.15) is 0 Å². The Labute approximate surface area is 73.3 Å². The molecule has 12 heavy (non-hydrogen) atoms. The standard InChI is InChI=1S/C9H17NO2/c1-6(9(2,3)4)7(10)5-8(11)12/h7H,1,5,10H2,2-4H3,(H,11,12). The van der Waals surface area contributed by atoms with E-state index in [2.05, 4.69) is 6.58 Å². The third-order valence-electron chi connectivity index (χ3n) is 1.81. The van der Waals surface area contributed by atoms with Gasteiger partial charge < -0.3 is 10.8 Å². The fraction of sp³-hybridized carbons (Fsp3) is 0.667. The number of nitrogens with two attached hydrogens (primary N) is 1. The van der Waals surface area contributed by atoms with E-state index in [4.69, 9.17) is 10.8 Å². The molecule has 0 aliphatic carbocycles. The van der Waals surface area contributed by atoms with E-state index in [0.717, 1.165) is 5.57 Å². The first-order valence-electron chi connectivity index (χ1n) is 3.92. The Hall–Kier alpha value is -0.830. The van der Waals surface area contributed by atoms with Gasteiger partial charge in [0, 0.05) is 6.04 Å². The van der Waals surface area contributed by atoms with E-state index in [-0.39, 0.29) is 11.8 Å². The van der Waals surface area contributed by atoms with Gasteiger partial charge in [-0.05, 0) is 5.41 Å². The highest BCUT2D eigenvalue weighted by molar-refractivity contribution is 5.68. The monoisotopic (exact) mass is 171 g/mol. The van der Waals surface area contributed by atoms with Crippen LogP contribution in [0.3, 0.4) is 0 Å². The largest absolute Gasteiger partial charge is 0.481 e. The normalized spacial score (nSPS) is 14.0. The van der Waals surface area contributed by atoms with Crippen molar-refractivity contribution < 1.29 is 9.90 Å². The van der Waals surface area contributed by atoms with Crippen LogP contribution >= 0.6 is 0 Å². The first kappa shape index (κ1) is 11.2. The molecule has 0 radical (unpaired) electrons. The molecule has 70 valence electrons. The van der Waals surface area contributed by atoms with Crippen LogP contribution in [0.1, 0.15) is 27.2 Å². The fourth-order valence-electron chi connectivity index (χ4n) is 0.868. The number of hydrogen-bond donors (Lipinski definition) is 2. The Morgan fingerprint density at radius 2 is 2.00 bits per heavy atom. The molecule has 0 bridgehead atoms. The SMILES string of the molecule is C=C(C(N)CC(=O)O)C(C)(C)C. The predicted octanol–water partition coefficient (Wildman–Crippen LogP) is 1.39. The number of carboxylic acids is 1. The number of rotatable bonds is 3. The highest BCUT2D eigenvalue weighted by Gasteiger charge is 2.22. The summed E-state index contributed by atoms with van der Waals surface area (Å²) in [6.07, 6.45) is -0.0455. The lowest BCUT2D eigenvalue weighted by atomic mass is 9.82. The second-order valence-electron chi connectivity index (χ2n) is 3.98. The summed E-state index contributed by atoms with van der Waals surface area (Å²) in [7, 11) is 0. The van der Waals surface area contributed by atoms with Gasteiger partial charge in [-0.25, -0.2) is 0 Å². The van der Waals surface area contributed by atoms with E-state index in [9.17, 15) is 4.79 Å². The molecule has 0 amide bonds. The van der Waals surface area contributed by atoms with Gasteiger partial charge in [0.15, 0.2) is 0 Å². The topological polar surface area (TPSA) is 63.3 Å². The van der Waals surface area contributed by atoms with Gasteiger partial charge in [0.25, 0.3) is 0 Å². The van der Waals surface area contributed by atoms with Crippen LogP contribution in [0.2, 0.25) is 0 Å². The fourth-order valence-corrected chi connectivity index (χ4v) is 0.868. The molecule has 0 saturated heterocycles. The van der Waals surface area contributed by atoms with Crippen molar-refractivity contribution in [2.24, 2.45) is 11.1 Å². The summed E-state index contributed by atoms with van der Waals surface area (Å²) >= 11 is 0. The first-order chi connectivity index (χ1) is 5.25. The lowest BCUT2D eigenvalue weighted by molar-refractivity contribution is -0.137. The molecular formula is C9H17NO2. The van der Waals surface area contributed by atoms with E-state index in [1.165, 1.54) is 0 Å². The van der Waals surface area contributed by atoms with E-state index in [1.807, 2.05) is 20.8 Å². The third-order valence-corrected chi connectivity index (χ3v) is 1.81. The van der Waals surface area contributed by atoms with Crippen LogP contribution < -0.4 is 5.73 Å². The van der Waals surface area contributed by atoms with Gasteiger partial charge in [0.2, 0.25) is 0 Å². The Kier molecular flexibility index (Phi) is 3.46. The van der Waals surface area contributed by atoms with Crippen LogP contribution in [-0.2, 0) is 4.79 Å². The summed E-state index contributed by atoms with van der Waals surface area (Å²) in [4.78, 5) is 10.3. The van der Waals surface area contributed by atoms with Crippen molar-refractivity contribution in [3.63, 3.8) is 0 Å². The smallest absolute Gasteiger partial charge is 0.305 e. The molecule has 0 saturated carbocycles. The molecule has 0 aromatic rings. The van der Waals surface area contributed by atoms with E-state index < -0.39 is 12.0 Å². The molecule has 3 nitrogen and oxygen atoms in total. The Bertz CT molecular complexity index is 191. The van der Waals surface area contributed by atoms with Crippen LogP contribution in [0.5, 0.6) is 0 Å². The Morgan fingerprint density at radius 1 is 1.58 bits per heavy atom. The number of hydrogen-bond acceptors (Lipinski definition) is 2. The van der Waals surface area contributed by atoms with Gasteiger partial charge in [-0.15, -0.1) is 0 Å². The maximum absolute atomic E-state index is 10.3. The minimum absolute atomic E-state index is 0.0455. The van der Waals surface area contributed by atoms with Crippen molar-refractivity contribution in [3.05, 3.63) is 12.2 Å². The van der Waals surface area contributed by atoms with Crippen molar-refractivity contribution >= 4 is 5.97 Å². The lowest BCUT2D eigenvalue weighted by Gasteiger charge is -2.26. The minimum Gasteiger partial charge on any atom is -0.481 e. The van der Waals surface area contributed by atoms with Crippen molar-refractivity contribution in [1.29, 1.82) is 0 Å². The highest BCUT2D eigenvalue weighted by Crippen LogP contribution is 2.26. The molecule has 0 aliphatic heterocycles. The molecule has 0 spiro atoms. The molecule has 3 heteroatoms. The molecule has 0 heterocycles. The lowest BCUT2D eigenvalue weighted by Crippen LogP contribution is -2.31. The first-order valence-corrected chi connectivity index (χ1v) is 3.92. The summed E-state index contributed by atoms with van der Waals surface area (Å²) in [5.41, 5.74) is 6.29. The second-order valence-corrected chi connectivity index (χ2v) is 3.98.